The third-order valence-corrected chi connectivity index (χ3v) is 7.73. The summed E-state index contributed by atoms with van der Waals surface area (Å²) in [7, 11) is 3.64. The van der Waals surface area contributed by atoms with Gasteiger partial charge in [-0.1, -0.05) is 0 Å². The number of hydrogen-bond donors (Lipinski definition) is 0. The lowest BCUT2D eigenvalue weighted by molar-refractivity contribution is 0.374. The van der Waals surface area contributed by atoms with Gasteiger partial charge in [0.15, 0.2) is 17.2 Å². The zero-order valence-corrected chi connectivity index (χ0v) is 23.2. The molecule has 0 fully saturated rings. The van der Waals surface area contributed by atoms with Crippen LogP contribution >= 0.6 is 0 Å². The summed E-state index contributed by atoms with van der Waals surface area (Å²) in [5, 5.41) is 4.18. The van der Waals surface area contributed by atoms with Crippen LogP contribution in [0.4, 0.5) is 15.9 Å². The van der Waals surface area contributed by atoms with E-state index < -0.39 is 16.0 Å². The maximum absolute atomic E-state index is 15.7. The molecule has 0 unspecified atom stereocenters. The van der Waals surface area contributed by atoms with E-state index in [1.165, 1.54) is 57.9 Å². The molecule has 0 radical (unpaired) electrons. The van der Waals surface area contributed by atoms with Crippen molar-refractivity contribution in [2.45, 2.75) is 6.54 Å². The molecule has 0 amide bonds. The molecule has 4 aromatic heterocycles. The molecule has 0 aliphatic heterocycles. The van der Waals surface area contributed by atoms with Crippen LogP contribution in [0, 0.1) is 5.82 Å². The summed E-state index contributed by atoms with van der Waals surface area (Å²) >= 11 is 0. The molecule has 0 N–H and O–H groups in total. The van der Waals surface area contributed by atoms with Crippen molar-refractivity contribution in [2.75, 3.05) is 33.2 Å². The van der Waals surface area contributed by atoms with Gasteiger partial charge in [-0.2, -0.15) is 17.8 Å². The van der Waals surface area contributed by atoms with Gasteiger partial charge in [-0.3, -0.25) is 9.67 Å². The molecule has 208 valence electrons. The summed E-state index contributed by atoms with van der Waals surface area (Å²) in [6, 6.07) is 6.30. The molecule has 0 aliphatic carbocycles. The second kappa shape index (κ2) is 10.5. The Bertz CT molecular complexity index is 1800. The Labute approximate surface area is 229 Å². The Hall–Kier alpha value is -4.63. The summed E-state index contributed by atoms with van der Waals surface area (Å²) in [5.74, 6) is -0.0528. The summed E-state index contributed by atoms with van der Waals surface area (Å²) in [5.41, 5.74) is 2.59. The molecule has 5 aromatic rings. The third-order valence-electron chi connectivity index (χ3n) is 6.07. The van der Waals surface area contributed by atoms with E-state index in [1.807, 2.05) is 6.20 Å². The number of fused-ring (bicyclic) bond motifs is 1. The van der Waals surface area contributed by atoms with Gasteiger partial charge in [0.25, 0.3) is 0 Å². The van der Waals surface area contributed by atoms with Gasteiger partial charge in [-0.05, 0) is 12.1 Å². The number of methoxy groups -OCH3 is 2. The Morgan fingerprint density at radius 2 is 1.82 bits per heavy atom. The Morgan fingerprint density at radius 1 is 1.02 bits per heavy atom. The van der Waals surface area contributed by atoms with Gasteiger partial charge >= 0.3 is 10.2 Å². The monoisotopic (exact) mass is 567 g/mol. The number of halogens is 1. The number of aromatic nitrogens is 7. The van der Waals surface area contributed by atoms with Gasteiger partial charge in [0.05, 0.1) is 50.2 Å². The van der Waals surface area contributed by atoms with Crippen LogP contribution in [-0.4, -0.2) is 74.7 Å². The topological polar surface area (TPSA) is 133 Å². The average molecular weight is 568 g/mol. The van der Waals surface area contributed by atoms with Crippen LogP contribution in [-0.2, 0) is 23.8 Å². The summed E-state index contributed by atoms with van der Waals surface area (Å²) < 4.78 is 55.2. The molecule has 0 saturated carbocycles. The van der Waals surface area contributed by atoms with Gasteiger partial charge in [0.1, 0.15) is 23.4 Å². The van der Waals surface area contributed by atoms with E-state index in [4.69, 9.17) is 14.5 Å². The smallest absolute Gasteiger partial charge is 0.308 e. The molecule has 4 heterocycles. The number of aryl methyl sites for hydroxylation is 1. The van der Waals surface area contributed by atoms with Crippen LogP contribution in [0.1, 0.15) is 5.69 Å². The Kier molecular flexibility index (Phi) is 7.08. The van der Waals surface area contributed by atoms with Crippen LogP contribution < -0.4 is 14.4 Å². The van der Waals surface area contributed by atoms with Gasteiger partial charge in [-0.15, -0.1) is 0 Å². The fourth-order valence-corrected chi connectivity index (χ4v) is 4.74. The lowest BCUT2D eigenvalue weighted by atomic mass is 10.2. The molecule has 5 rings (SSSR count). The number of pyridine rings is 1. The number of ether oxygens (including phenoxy) is 2. The van der Waals surface area contributed by atoms with E-state index in [0.717, 1.165) is 13.8 Å². The van der Waals surface area contributed by atoms with Gasteiger partial charge in [0, 0.05) is 51.2 Å². The van der Waals surface area contributed by atoms with E-state index in [0.29, 0.717) is 34.1 Å². The predicted octanol–water partition coefficient (Wildman–Crippen LogP) is 2.77. The zero-order valence-electron chi connectivity index (χ0n) is 22.3. The van der Waals surface area contributed by atoms with Crippen molar-refractivity contribution in [3.05, 3.63) is 66.9 Å². The van der Waals surface area contributed by atoms with Crippen molar-refractivity contribution in [2.24, 2.45) is 7.05 Å². The number of rotatable bonds is 9. The highest BCUT2D eigenvalue weighted by Gasteiger charge is 2.24. The molecule has 40 heavy (non-hydrogen) atoms. The van der Waals surface area contributed by atoms with Crippen molar-refractivity contribution < 1.29 is 22.3 Å². The van der Waals surface area contributed by atoms with E-state index in [9.17, 15) is 8.42 Å². The van der Waals surface area contributed by atoms with Crippen LogP contribution in [0.5, 0.6) is 11.5 Å². The Balaban J connectivity index is 1.64. The van der Waals surface area contributed by atoms with Crippen LogP contribution in [0.3, 0.4) is 0 Å². The maximum atomic E-state index is 15.7. The predicted molar refractivity (Wildman–Crippen MR) is 145 cm³/mol. The van der Waals surface area contributed by atoms with E-state index in [2.05, 4.69) is 20.1 Å². The second-order valence-electron chi connectivity index (χ2n) is 8.90. The molecular formula is C25H26FN9O4S. The molecule has 0 aliphatic rings. The van der Waals surface area contributed by atoms with E-state index in [1.54, 1.807) is 36.3 Å². The first kappa shape index (κ1) is 27.0. The highest BCUT2D eigenvalue weighted by molar-refractivity contribution is 7.87. The molecule has 13 nitrogen and oxygen atoms in total. The first-order chi connectivity index (χ1) is 19.1. The molecule has 15 heteroatoms. The first-order valence-corrected chi connectivity index (χ1v) is 13.3. The Morgan fingerprint density at radius 3 is 2.50 bits per heavy atom. The van der Waals surface area contributed by atoms with Crippen molar-refractivity contribution in [1.82, 2.24) is 38.0 Å². The van der Waals surface area contributed by atoms with E-state index >= 15 is 4.39 Å². The second-order valence-corrected chi connectivity index (χ2v) is 11.0. The van der Waals surface area contributed by atoms with Gasteiger partial charge in [-0.25, -0.2) is 23.3 Å². The van der Waals surface area contributed by atoms with Gasteiger partial charge < -0.3 is 14.4 Å². The summed E-state index contributed by atoms with van der Waals surface area (Å²) in [4.78, 5) is 19.6. The van der Waals surface area contributed by atoms with Gasteiger partial charge in [0.2, 0.25) is 0 Å². The van der Waals surface area contributed by atoms with Crippen molar-refractivity contribution in [3.63, 3.8) is 0 Å². The van der Waals surface area contributed by atoms with Crippen molar-refractivity contribution >= 4 is 32.9 Å². The quantitative estimate of drug-likeness (QED) is 0.262. The number of benzene rings is 1. The highest BCUT2D eigenvalue weighted by Crippen LogP contribution is 2.37. The average Bonchev–Trinajstić information content (AvgIpc) is 3.61. The first-order valence-electron chi connectivity index (χ1n) is 11.9. The standard InChI is InChI=1S/C25H26FN9O4S/c1-32(2)40(36,37)34-13-17(28-15-34)14-35(21-8-18(38-4)9-22(39-5)24(21)26)23-7-6-19-25(31-23)30-20(11-27-19)16-10-29-33(3)12-16/h6-13,15H,14H2,1-5H3. The number of nitrogens with zero attached hydrogens (tertiary/aromatic N) is 9. The lowest BCUT2D eigenvalue weighted by Gasteiger charge is -2.25. The lowest BCUT2D eigenvalue weighted by Crippen LogP contribution is -2.27. The largest absolute Gasteiger partial charge is 0.497 e. The SMILES string of the molecule is COc1cc(OC)c(F)c(N(Cc2cn(S(=O)(=O)N(C)C)cn2)c2ccc3ncc(-c4cnn(C)c4)nc3n2)c1. The third kappa shape index (κ3) is 5.03. The fraction of sp³-hybridized carbons (Fsp3) is 0.240. The van der Waals surface area contributed by atoms with E-state index in [-0.39, 0.29) is 18.0 Å². The van der Waals surface area contributed by atoms with Crippen LogP contribution in [0.2, 0.25) is 0 Å². The van der Waals surface area contributed by atoms with Crippen LogP contribution in [0.25, 0.3) is 22.4 Å². The molecule has 0 spiro atoms. The minimum absolute atomic E-state index is 0.0421. The molecular weight excluding hydrogens is 541 g/mol. The van der Waals surface area contributed by atoms with Crippen LogP contribution in [0.15, 0.2) is 55.4 Å². The minimum Gasteiger partial charge on any atom is -0.497 e. The minimum atomic E-state index is -3.79. The summed E-state index contributed by atoms with van der Waals surface area (Å²) in [6.45, 7) is -0.0442. The maximum Gasteiger partial charge on any atom is 0.308 e. The molecule has 0 saturated heterocycles. The number of hydrogen-bond acceptors (Lipinski definition) is 10. The number of anilines is 2. The van der Waals surface area contributed by atoms with Crippen molar-refractivity contribution in [1.29, 1.82) is 0 Å². The molecule has 1 aromatic carbocycles. The summed E-state index contributed by atoms with van der Waals surface area (Å²) in [6.07, 6.45) is 7.65. The normalized spacial score (nSPS) is 11.8. The fourth-order valence-electron chi connectivity index (χ4n) is 3.94. The zero-order chi connectivity index (χ0) is 28.6. The molecule has 0 bridgehead atoms. The highest BCUT2D eigenvalue weighted by atomic mass is 32.2. The molecule has 0 atom stereocenters. The number of imidazole rings is 1. The van der Waals surface area contributed by atoms with Crippen molar-refractivity contribution in [3.8, 4) is 22.8 Å².